The molecule has 1 N–H and O–H groups in total. The molecule has 6 nitrogen and oxygen atoms in total. The van der Waals surface area contributed by atoms with Gasteiger partial charge in [-0.25, -0.2) is 9.97 Å². The van der Waals surface area contributed by atoms with E-state index < -0.39 is 0 Å². The zero-order valence-electron chi connectivity index (χ0n) is 28.9. The molecule has 7 aromatic carbocycles. The Morgan fingerprint density at radius 1 is 0.481 bits per heavy atom. The molecule has 0 saturated heterocycles. The van der Waals surface area contributed by atoms with Gasteiger partial charge >= 0.3 is 0 Å². The molecular formula is C48H29N5O. The predicted octanol–water partition coefficient (Wildman–Crippen LogP) is 12.4. The third-order valence-electron chi connectivity index (χ3n) is 11.0. The molecule has 0 atom stereocenters. The number of nitrogens with zero attached hydrogens (tertiary/aromatic N) is 4. The molecule has 252 valence electrons. The number of aromatic amines is 1. The molecule has 0 amide bonds. The maximum atomic E-state index is 6.42. The monoisotopic (exact) mass is 691 g/mol. The molecule has 0 aliphatic carbocycles. The number of pyridine rings is 1. The number of nitrogens with one attached hydrogen (secondary N) is 1. The summed E-state index contributed by atoms with van der Waals surface area (Å²) >= 11 is 0. The highest BCUT2D eigenvalue weighted by atomic mass is 16.3. The fourth-order valence-corrected chi connectivity index (χ4v) is 8.56. The molecule has 54 heavy (non-hydrogen) atoms. The Balaban J connectivity index is 1.15. The van der Waals surface area contributed by atoms with Crippen molar-refractivity contribution < 1.29 is 4.42 Å². The van der Waals surface area contributed by atoms with Gasteiger partial charge in [-0.1, -0.05) is 97.1 Å². The minimum absolute atomic E-state index is 0.842. The van der Waals surface area contributed by atoms with Gasteiger partial charge in [-0.05, 0) is 66.2 Å². The van der Waals surface area contributed by atoms with Gasteiger partial charge in [0.25, 0.3) is 0 Å². The van der Waals surface area contributed by atoms with Crippen molar-refractivity contribution in [1.29, 1.82) is 0 Å². The number of benzene rings is 7. The highest BCUT2D eigenvalue weighted by molar-refractivity contribution is 6.13. The van der Waals surface area contributed by atoms with Crippen molar-refractivity contribution in [2.75, 3.05) is 0 Å². The number of imidazole rings is 1. The average Bonchev–Trinajstić information content (AvgIpc) is 3.99. The molecule has 5 heterocycles. The van der Waals surface area contributed by atoms with Crippen LogP contribution in [0, 0.1) is 0 Å². The van der Waals surface area contributed by atoms with Crippen molar-refractivity contribution in [2.24, 2.45) is 0 Å². The Morgan fingerprint density at radius 3 is 2.13 bits per heavy atom. The van der Waals surface area contributed by atoms with E-state index in [2.05, 4.69) is 154 Å². The molecule has 0 saturated carbocycles. The van der Waals surface area contributed by atoms with E-state index >= 15 is 0 Å². The number of para-hydroxylation sites is 5. The summed E-state index contributed by atoms with van der Waals surface area (Å²) < 4.78 is 11.0. The van der Waals surface area contributed by atoms with Crippen LogP contribution in [0.4, 0.5) is 0 Å². The van der Waals surface area contributed by atoms with Crippen LogP contribution in [-0.2, 0) is 0 Å². The number of rotatable bonds is 4. The highest BCUT2D eigenvalue weighted by Crippen LogP contribution is 2.41. The molecule has 0 aliphatic heterocycles. The van der Waals surface area contributed by atoms with Crippen molar-refractivity contribution in [3.05, 3.63) is 170 Å². The molecule has 0 radical (unpaired) electrons. The first-order chi connectivity index (χ1) is 26.8. The van der Waals surface area contributed by atoms with Crippen LogP contribution in [0.1, 0.15) is 0 Å². The van der Waals surface area contributed by atoms with E-state index in [9.17, 15) is 0 Å². The molecule has 5 aromatic heterocycles. The second-order valence-electron chi connectivity index (χ2n) is 13.9. The van der Waals surface area contributed by atoms with Crippen LogP contribution < -0.4 is 0 Å². The SMILES string of the molecule is c1ccc(-n2c3ccccc3c3ccc(-c4cccc5c4nc(-c4cccc6c4[nH]c4ccccc46)n5-c4ccc5c(c4)oc4ccccc45)cc32)nc1. The first-order valence-electron chi connectivity index (χ1n) is 18.2. The van der Waals surface area contributed by atoms with Crippen LogP contribution in [0.25, 0.3) is 111 Å². The molecule has 0 fully saturated rings. The Hall–Kier alpha value is -7.44. The highest BCUT2D eigenvalue weighted by Gasteiger charge is 2.22. The van der Waals surface area contributed by atoms with Crippen LogP contribution in [0.5, 0.6) is 0 Å². The van der Waals surface area contributed by atoms with E-state index in [1.54, 1.807) is 0 Å². The van der Waals surface area contributed by atoms with E-state index in [-0.39, 0.29) is 0 Å². The lowest BCUT2D eigenvalue weighted by Gasteiger charge is -2.11. The van der Waals surface area contributed by atoms with Gasteiger partial charge in [-0.3, -0.25) is 9.13 Å². The van der Waals surface area contributed by atoms with Crippen molar-refractivity contribution >= 4 is 76.6 Å². The third kappa shape index (κ3) is 4.10. The number of H-pyrrole nitrogens is 1. The molecule has 0 bridgehead atoms. The summed E-state index contributed by atoms with van der Waals surface area (Å²) in [5.74, 6) is 1.74. The molecule has 12 rings (SSSR count). The van der Waals surface area contributed by atoms with Gasteiger partial charge in [-0.15, -0.1) is 0 Å². The molecule has 6 heteroatoms. The summed E-state index contributed by atoms with van der Waals surface area (Å²) in [5.41, 5.74) is 12.2. The van der Waals surface area contributed by atoms with Crippen LogP contribution >= 0.6 is 0 Å². The first kappa shape index (κ1) is 29.2. The van der Waals surface area contributed by atoms with Gasteiger partial charge in [0.05, 0.1) is 33.3 Å². The Kier molecular flexibility index (Phi) is 5.96. The van der Waals surface area contributed by atoms with Gasteiger partial charge in [0, 0.05) is 61.2 Å². The Morgan fingerprint density at radius 2 is 1.20 bits per heavy atom. The minimum Gasteiger partial charge on any atom is -0.456 e. The van der Waals surface area contributed by atoms with Crippen molar-refractivity contribution in [2.45, 2.75) is 0 Å². The fourth-order valence-electron chi connectivity index (χ4n) is 8.56. The van der Waals surface area contributed by atoms with Crippen molar-refractivity contribution in [3.63, 3.8) is 0 Å². The van der Waals surface area contributed by atoms with E-state index in [1.165, 1.54) is 21.5 Å². The lowest BCUT2D eigenvalue weighted by molar-refractivity contribution is 0.668. The van der Waals surface area contributed by atoms with Gasteiger partial charge in [0.1, 0.15) is 22.8 Å². The first-order valence-corrected chi connectivity index (χ1v) is 18.2. The summed E-state index contributed by atoms with van der Waals surface area (Å²) in [4.78, 5) is 14.1. The second kappa shape index (κ2) is 11.0. The van der Waals surface area contributed by atoms with Gasteiger partial charge in [-0.2, -0.15) is 0 Å². The fraction of sp³-hybridized carbons (Fsp3) is 0. The summed E-state index contributed by atoms with van der Waals surface area (Å²) in [6.45, 7) is 0. The topological polar surface area (TPSA) is 64.6 Å². The number of fused-ring (bicyclic) bond motifs is 10. The maximum absolute atomic E-state index is 6.42. The second-order valence-corrected chi connectivity index (χ2v) is 13.9. The van der Waals surface area contributed by atoms with E-state index in [1.807, 2.05) is 30.5 Å². The molecule has 0 unspecified atom stereocenters. The Labute approximate surface area is 308 Å². The summed E-state index contributed by atoms with van der Waals surface area (Å²) in [6, 6.07) is 57.6. The lowest BCUT2D eigenvalue weighted by atomic mass is 10.0. The van der Waals surface area contributed by atoms with Crippen molar-refractivity contribution in [3.8, 4) is 34.0 Å². The van der Waals surface area contributed by atoms with E-state index in [0.29, 0.717) is 0 Å². The molecule has 12 aromatic rings. The van der Waals surface area contributed by atoms with Crippen molar-refractivity contribution in [1.82, 2.24) is 24.1 Å². The summed E-state index contributed by atoms with van der Waals surface area (Å²) in [7, 11) is 0. The van der Waals surface area contributed by atoms with E-state index in [4.69, 9.17) is 14.4 Å². The number of aromatic nitrogens is 5. The van der Waals surface area contributed by atoms with Gasteiger partial charge in [0.15, 0.2) is 0 Å². The Bertz CT molecular complexity index is 3450. The average molecular weight is 692 g/mol. The molecular weight excluding hydrogens is 663 g/mol. The summed E-state index contributed by atoms with van der Waals surface area (Å²) in [6.07, 6.45) is 1.85. The van der Waals surface area contributed by atoms with E-state index in [0.717, 1.165) is 89.1 Å². The third-order valence-corrected chi connectivity index (χ3v) is 11.0. The number of hydrogen-bond acceptors (Lipinski definition) is 3. The molecule has 0 aliphatic rings. The number of furan rings is 1. The van der Waals surface area contributed by atoms with Crippen LogP contribution in [0.15, 0.2) is 174 Å². The standard InChI is InChI=1S/C48H29N5O/c1-4-17-39-32(11-1)37-15-9-16-38(46(37)50-39)48-51-47-31(14-10-19-41(47)52(48)30-23-25-36-35-13-3-6-20-43(35)54-44(36)28-30)29-22-24-34-33-12-2-5-18-40(33)53(42(34)27-29)45-21-7-8-26-49-45/h1-28,50H. The predicted molar refractivity (Wildman–Crippen MR) is 221 cm³/mol. The van der Waals surface area contributed by atoms with Gasteiger partial charge in [0.2, 0.25) is 0 Å². The maximum Gasteiger partial charge on any atom is 0.147 e. The van der Waals surface area contributed by atoms with Crippen LogP contribution in [0.2, 0.25) is 0 Å². The molecule has 0 spiro atoms. The quantitative estimate of drug-likeness (QED) is 0.200. The zero-order chi connectivity index (χ0) is 35.3. The normalized spacial score (nSPS) is 12.1. The minimum atomic E-state index is 0.842. The van der Waals surface area contributed by atoms with Crippen LogP contribution in [0.3, 0.4) is 0 Å². The lowest BCUT2D eigenvalue weighted by Crippen LogP contribution is -1.98. The summed E-state index contributed by atoms with van der Waals surface area (Å²) in [5, 5.41) is 6.94. The largest absolute Gasteiger partial charge is 0.456 e. The number of hydrogen-bond donors (Lipinski definition) is 1. The van der Waals surface area contributed by atoms with Crippen LogP contribution in [-0.4, -0.2) is 24.1 Å². The van der Waals surface area contributed by atoms with Gasteiger partial charge < -0.3 is 9.40 Å². The smallest absolute Gasteiger partial charge is 0.147 e. The zero-order valence-corrected chi connectivity index (χ0v) is 28.9.